The molecule has 19 heavy (non-hydrogen) atoms. The first kappa shape index (κ1) is 16.2. The van der Waals surface area contributed by atoms with Crippen molar-refractivity contribution in [3.05, 3.63) is 0 Å². The molecule has 0 aromatic carbocycles. The minimum Gasteiger partial charge on any atom is -0.357 e. The van der Waals surface area contributed by atoms with Crippen molar-refractivity contribution in [2.75, 3.05) is 31.9 Å². The van der Waals surface area contributed by atoms with Gasteiger partial charge in [-0.3, -0.25) is 4.99 Å². The number of guanidine groups is 1. The highest BCUT2D eigenvalue weighted by Gasteiger charge is 2.22. The highest BCUT2D eigenvalue weighted by molar-refractivity contribution is 7.89. The van der Waals surface area contributed by atoms with E-state index in [2.05, 4.69) is 15.6 Å². The molecule has 0 aliphatic heterocycles. The number of hydrogen-bond donors (Lipinski definition) is 2. The average molecular weight is 290 g/mol. The normalized spacial score (nSPS) is 16.7. The molecule has 0 aromatic heterocycles. The number of hydrogen-bond acceptors (Lipinski definition) is 3. The third kappa shape index (κ3) is 5.78. The van der Waals surface area contributed by atoms with Gasteiger partial charge in [-0.25, -0.2) is 12.7 Å². The van der Waals surface area contributed by atoms with Gasteiger partial charge >= 0.3 is 0 Å². The molecule has 0 spiro atoms. The van der Waals surface area contributed by atoms with E-state index in [1.807, 2.05) is 20.8 Å². The quantitative estimate of drug-likeness (QED) is 0.500. The van der Waals surface area contributed by atoms with E-state index in [1.54, 1.807) is 0 Å². The topological polar surface area (TPSA) is 73.8 Å². The first-order valence-electron chi connectivity index (χ1n) is 7.06. The van der Waals surface area contributed by atoms with Crippen molar-refractivity contribution in [3.8, 4) is 0 Å². The summed E-state index contributed by atoms with van der Waals surface area (Å²) in [6.45, 7) is 7.80. The summed E-state index contributed by atoms with van der Waals surface area (Å²) in [7, 11) is -3.18. The number of nitrogens with one attached hydrogen (secondary N) is 2. The molecule has 0 amide bonds. The Morgan fingerprint density at radius 2 is 1.89 bits per heavy atom. The number of rotatable bonds is 8. The predicted octanol–water partition coefficient (Wildman–Crippen LogP) is 0.376. The van der Waals surface area contributed by atoms with E-state index >= 15 is 0 Å². The molecule has 1 aliphatic carbocycles. The summed E-state index contributed by atoms with van der Waals surface area (Å²) in [5.41, 5.74) is 0. The van der Waals surface area contributed by atoms with Gasteiger partial charge in [0.15, 0.2) is 5.96 Å². The van der Waals surface area contributed by atoms with E-state index in [4.69, 9.17) is 0 Å². The molecular weight excluding hydrogens is 264 g/mol. The molecular formula is C12H26N4O2S. The molecule has 0 saturated heterocycles. The fourth-order valence-corrected chi connectivity index (χ4v) is 3.13. The third-order valence-corrected chi connectivity index (χ3v) is 4.98. The van der Waals surface area contributed by atoms with E-state index in [-0.39, 0.29) is 5.75 Å². The highest BCUT2D eigenvalue weighted by Crippen LogP contribution is 2.18. The van der Waals surface area contributed by atoms with Crippen LogP contribution in [-0.2, 0) is 10.0 Å². The molecule has 112 valence electrons. The molecule has 0 radical (unpaired) electrons. The Balaban J connectivity index is 2.48. The predicted molar refractivity (Wildman–Crippen MR) is 78.8 cm³/mol. The molecule has 6 nitrogen and oxygen atoms in total. The van der Waals surface area contributed by atoms with Crippen molar-refractivity contribution < 1.29 is 8.42 Å². The maximum atomic E-state index is 12.0. The summed E-state index contributed by atoms with van der Waals surface area (Å²) in [6.07, 6.45) is 2.34. The van der Waals surface area contributed by atoms with Gasteiger partial charge in [-0.05, 0) is 19.8 Å². The van der Waals surface area contributed by atoms with E-state index in [9.17, 15) is 8.42 Å². The lowest BCUT2D eigenvalue weighted by Gasteiger charge is -2.17. The molecule has 1 fully saturated rings. The monoisotopic (exact) mass is 290 g/mol. The zero-order valence-electron chi connectivity index (χ0n) is 12.1. The van der Waals surface area contributed by atoms with Crippen LogP contribution in [0.4, 0.5) is 0 Å². The summed E-state index contributed by atoms with van der Waals surface area (Å²) in [6, 6.07) is 0.511. The van der Waals surface area contributed by atoms with E-state index < -0.39 is 10.0 Å². The summed E-state index contributed by atoms with van der Waals surface area (Å²) in [5.74, 6) is 0.787. The molecule has 0 aromatic rings. The van der Waals surface area contributed by atoms with E-state index in [0.717, 1.165) is 12.5 Å². The summed E-state index contributed by atoms with van der Waals surface area (Å²) >= 11 is 0. The molecule has 1 rings (SSSR count). The van der Waals surface area contributed by atoms with Gasteiger partial charge in [0.25, 0.3) is 0 Å². The summed E-state index contributed by atoms with van der Waals surface area (Å²) < 4.78 is 25.4. The third-order valence-electron chi connectivity index (χ3n) is 2.98. The molecule has 7 heteroatoms. The van der Waals surface area contributed by atoms with Crippen LogP contribution in [0, 0.1) is 0 Å². The smallest absolute Gasteiger partial charge is 0.215 e. The van der Waals surface area contributed by atoms with Crippen molar-refractivity contribution in [1.29, 1.82) is 0 Å². The van der Waals surface area contributed by atoms with Gasteiger partial charge in [-0.1, -0.05) is 13.8 Å². The molecule has 1 saturated carbocycles. The van der Waals surface area contributed by atoms with Gasteiger partial charge in [-0.2, -0.15) is 0 Å². The van der Waals surface area contributed by atoms with Gasteiger partial charge in [0, 0.05) is 25.7 Å². The van der Waals surface area contributed by atoms with Gasteiger partial charge in [-0.15, -0.1) is 0 Å². The van der Waals surface area contributed by atoms with Crippen molar-refractivity contribution in [2.24, 2.45) is 4.99 Å². The Labute approximate surface area is 116 Å². The Kier molecular flexibility index (Phi) is 6.57. The van der Waals surface area contributed by atoms with E-state index in [0.29, 0.717) is 25.7 Å². The van der Waals surface area contributed by atoms with Crippen molar-refractivity contribution >= 4 is 16.0 Å². The molecule has 0 heterocycles. The van der Waals surface area contributed by atoms with Gasteiger partial charge in [0.1, 0.15) is 0 Å². The summed E-state index contributed by atoms with van der Waals surface area (Å²) in [5, 5.41) is 6.39. The highest BCUT2D eigenvalue weighted by atomic mass is 32.2. The van der Waals surface area contributed by atoms with Crippen LogP contribution in [0.2, 0.25) is 0 Å². The molecule has 0 bridgehead atoms. The van der Waals surface area contributed by atoms with Crippen molar-refractivity contribution in [3.63, 3.8) is 0 Å². The number of nitrogens with zero attached hydrogens (tertiary/aromatic N) is 2. The largest absolute Gasteiger partial charge is 0.357 e. The second kappa shape index (κ2) is 7.69. The zero-order chi connectivity index (χ0) is 14.3. The number of sulfonamides is 1. The maximum absolute atomic E-state index is 12.0. The Morgan fingerprint density at radius 3 is 2.37 bits per heavy atom. The fraction of sp³-hybridized carbons (Fsp3) is 0.917. The van der Waals surface area contributed by atoms with Crippen molar-refractivity contribution in [2.45, 2.75) is 39.7 Å². The standard InChI is InChI=1S/C12H26N4O2S/c1-4-13-12(15-11-7-8-11)14-9-10-19(17,18)16(5-2)6-3/h11H,4-10H2,1-3H3,(H2,13,14,15). The molecule has 0 unspecified atom stereocenters. The SMILES string of the molecule is CCNC(=NCCS(=O)(=O)N(CC)CC)NC1CC1. The van der Waals surface area contributed by atoms with Crippen LogP contribution in [0.5, 0.6) is 0 Å². The first-order chi connectivity index (χ1) is 9.03. The van der Waals surface area contributed by atoms with Crippen LogP contribution in [-0.4, -0.2) is 56.7 Å². The number of aliphatic imine (C=N–C) groups is 1. The van der Waals surface area contributed by atoms with Crippen LogP contribution >= 0.6 is 0 Å². The van der Waals surface area contributed by atoms with E-state index in [1.165, 1.54) is 17.1 Å². The van der Waals surface area contributed by atoms with Crippen molar-refractivity contribution in [1.82, 2.24) is 14.9 Å². The maximum Gasteiger partial charge on any atom is 0.215 e. The lowest BCUT2D eigenvalue weighted by Crippen LogP contribution is -2.39. The van der Waals surface area contributed by atoms with Crippen LogP contribution in [0.25, 0.3) is 0 Å². The molecule has 0 atom stereocenters. The Bertz CT molecular complexity index is 387. The molecule has 1 aliphatic rings. The van der Waals surface area contributed by atoms with Crippen LogP contribution < -0.4 is 10.6 Å². The minimum absolute atomic E-state index is 0.0654. The fourth-order valence-electron chi connectivity index (χ4n) is 1.76. The summed E-state index contributed by atoms with van der Waals surface area (Å²) in [4.78, 5) is 4.32. The second-order valence-electron chi connectivity index (χ2n) is 4.58. The lowest BCUT2D eigenvalue weighted by molar-refractivity contribution is 0.445. The van der Waals surface area contributed by atoms with Crippen LogP contribution in [0.15, 0.2) is 4.99 Å². The average Bonchev–Trinajstić information content (AvgIpc) is 3.14. The van der Waals surface area contributed by atoms with Crippen LogP contribution in [0.3, 0.4) is 0 Å². The lowest BCUT2D eigenvalue weighted by atomic mass is 10.6. The minimum atomic E-state index is -3.18. The first-order valence-corrected chi connectivity index (χ1v) is 8.67. The Hall–Kier alpha value is -0.820. The van der Waals surface area contributed by atoms with Crippen LogP contribution in [0.1, 0.15) is 33.6 Å². The van der Waals surface area contributed by atoms with Gasteiger partial charge in [0.05, 0.1) is 12.3 Å². The van der Waals surface area contributed by atoms with Gasteiger partial charge < -0.3 is 10.6 Å². The Morgan fingerprint density at radius 1 is 1.26 bits per heavy atom. The van der Waals surface area contributed by atoms with Gasteiger partial charge in [0.2, 0.25) is 10.0 Å². The second-order valence-corrected chi connectivity index (χ2v) is 6.67. The molecule has 2 N–H and O–H groups in total. The zero-order valence-corrected chi connectivity index (χ0v) is 13.0.